The van der Waals surface area contributed by atoms with Crippen molar-refractivity contribution in [2.24, 2.45) is 0 Å². The third kappa shape index (κ3) is 3.61. The van der Waals surface area contributed by atoms with Crippen LogP contribution in [0, 0.1) is 6.92 Å². The van der Waals surface area contributed by atoms with E-state index in [0.29, 0.717) is 22.6 Å². The van der Waals surface area contributed by atoms with Gasteiger partial charge in [0, 0.05) is 6.20 Å². The smallest absolute Gasteiger partial charge is 0.341 e. The van der Waals surface area contributed by atoms with Crippen molar-refractivity contribution in [3.63, 3.8) is 0 Å². The molecule has 0 unspecified atom stereocenters. The minimum atomic E-state index is -0.471. The highest BCUT2D eigenvalue weighted by atomic mass is 16.5. The third-order valence-corrected chi connectivity index (χ3v) is 3.84. The Kier molecular flexibility index (Phi) is 5.07. The van der Waals surface area contributed by atoms with Crippen LogP contribution in [0.1, 0.15) is 32.0 Å². The van der Waals surface area contributed by atoms with Crippen LogP contribution in [0.3, 0.4) is 0 Å². The summed E-state index contributed by atoms with van der Waals surface area (Å²) >= 11 is 0. The van der Waals surface area contributed by atoms with E-state index in [1.807, 2.05) is 12.1 Å². The van der Waals surface area contributed by atoms with Gasteiger partial charge in [0.1, 0.15) is 12.2 Å². The number of carbonyl (C=O) groups excluding carboxylic acids is 2. The number of hydrogen-bond acceptors (Lipinski definition) is 6. The minimum Gasteiger partial charge on any atom is -0.465 e. The number of ether oxygens (including phenoxy) is 2. The predicted octanol–water partition coefficient (Wildman–Crippen LogP) is 2.72. The molecule has 2 heterocycles. The van der Waals surface area contributed by atoms with Crippen molar-refractivity contribution in [3.8, 4) is 5.82 Å². The molecule has 0 atom stereocenters. The molecule has 7 heteroatoms. The molecule has 0 bridgehead atoms. The van der Waals surface area contributed by atoms with Gasteiger partial charge in [0.05, 0.1) is 24.6 Å². The Morgan fingerprint density at radius 1 is 1.08 bits per heavy atom. The third-order valence-electron chi connectivity index (χ3n) is 3.84. The highest BCUT2D eigenvalue weighted by molar-refractivity contribution is 5.90. The molecule has 3 aromatic rings. The first-order chi connectivity index (χ1) is 12.6. The van der Waals surface area contributed by atoms with E-state index in [1.54, 1.807) is 48.1 Å². The molecule has 0 saturated heterocycles. The number of methoxy groups -OCH3 is 1. The molecular formula is C19H17N3O4. The summed E-state index contributed by atoms with van der Waals surface area (Å²) in [5.41, 5.74) is 2.23. The van der Waals surface area contributed by atoms with Crippen LogP contribution in [0.2, 0.25) is 0 Å². The first-order valence-corrected chi connectivity index (χ1v) is 7.90. The van der Waals surface area contributed by atoms with E-state index in [9.17, 15) is 9.59 Å². The molecule has 0 saturated carbocycles. The van der Waals surface area contributed by atoms with E-state index in [2.05, 4.69) is 14.8 Å². The molecule has 132 valence electrons. The molecule has 26 heavy (non-hydrogen) atoms. The Labute approximate surface area is 150 Å². The molecule has 0 spiro atoms. The quantitative estimate of drug-likeness (QED) is 0.657. The second-order valence-corrected chi connectivity index (χ2v) is 5.51. The van der Waals surface area contributed by atoms with Crippen LogP contribution in [0.15, 0.2) is 54.9 Å². The number of nitrogens with zero attached hydrogens (tertiary/aromatic N) is 3. The molecule has 0 radical (unpaired) electrons. The van der Waals surface area contributed by atoms with Crippen LogP contribution in [0.25, 0.3) is 5.82 Å². The van der Waals surface area contributed by atoms with Crippen LogP contribution in [-0.4, -0.2) is 33.8 Å². The number of carbonyl (C=O) groups is 2. The van der Waals surface area contributed by atoms with Gasteiger partial charge in [0.15, 0.2) is 5.82 Å². The second-order valence-electron chi connectivity index (χ2n) is 5.51. The Hall–Kier alpha value is -3.48. The highest BCUT2D eigenvalue weighted by Gasteiger charge is 2.17. The molecule has 0 amide bonds. The fraction of sp³-hybridized carbons (Fsp3) is 0.158. The Bertz CT molecular complexity index is 918. The van der Waals surface area contributed by atoms with Gasteiger partial charge in [0.2, 0.25) is 0 Å². The summed E-state index contributed by atoms with van der Waals surface area (Å²) in [5.74, 6) is -0.254. The van der Waals surface area contributed by atoms with E-state index in [0.717, 1.165) is 5.56 Å². The Morgan fingerprint density at radius 2 is 1.85 bits per heavy atom. The summed E-state index contributed by atoms with van der Waals surface area (Å²) in [4.78, 5) is 28.0. The van der Waals surface area contributed by atoms with Crippen molar-refractivity contribution in [1.82, 2.24) is 14.8 Å². The average Bonchev–Trinajstić information content (AvgIpc) is 3.08. The zero-order valence-electron chi connectivity index (χ0n) is 14.4. The molecule has 0 N–H and O–H groups in total. The predicted molar refractivity (Wildman–Crippen MR) is 93.0 cm³/mol. The van der Waals surface area contributed by atoms with Crippen molar-refractivity contribution >= 4 is 11.9 Å². The molecule has 0 fully saturated rings. The summed E-state index contributed by atoms with van der Waals surface area (Å²) in [5, 5.41) is 4.20. The number of benzene rings is 1. The van der Waals surface area contributed by atoms with Crippen LogP contribution in [0.5, 0.6) is 0 Å². The number of hydrogen-bond donors (Lipinski definition) is 0. The lowest BCUT2D eigenvalue weighted by atomic mass is 10.1. The maximum absolute atomic E-state index is 12.3. The molecular weight excluding hydrogens is 334 g/mol. The number of rotatable bonds is 5. The van der Waals surface area contributed by atoms with Crippen molar-refractivity contribution in [2.45, 2.75) is 13.5 Å². The molecule has 1 aromatic carbocycles. The van der Waals surface area contributed by atoms with Gasteiger partial charge in [-0.05, 0) is 36.8 Å². The van der Waals surface area contributed by atoms with Gasteiger partial charge in [-0.3, -0.25) is 0 Å². The lowest BCUT2D eigenvalue weighted by Crippen LogP contribution is -2.08. The highest BCUT2D eigenvalue weighted by Crippen LogP contribution is 2.14. The van der Waals surface area contributed by atoms with E-state index in [4.69, 9.17) is 4.74 Å². The van der Waals surface area contributed by atoms with E-state index < -0.39 is 11.9 Å². The van der Waals surface area contributed by atoms with Gasteiger partial charge in [-0.2, -0.15) is 5.10 Å². The molecule has 0 aliphatic heterocycles. The van der Waals surface area contributed by atoms with Crippen LogP contribution < -0.4 is 0 Å². The second kappa shape index (κ2) is 7.60. The zero-order chi connectivity index (χ0) is 18.5. The number of esters is 2. The van der Waals surface area contributed by atoms with Gasteiger partial charge in [-0.25, -0.2) is 19.3 Å². The topological polar surface area (TPSA) is 83.3 Å². The van der Waals surface area contributed by atoms with Crippen molar-refractivity contribution in [2.75, 3.05) is 7.11 Å². The van der Waals surface area contributed by atoms with Crippen LogP contribution in [-0.2, 0) is 16.1 Å². The first-order valence-electron chi connectivity index (χ1n) is 7.90. The Morgan fingerprint density at radius 3 is 2.50 bits per heavy atom. The first kappa shape index (κ1) is 17.3. The maximum atomic E-state index is 12.3. The Balaban J connectivity index is 1.67. The fourth-order valence-corrected chi connectivity index (χ4v) is 2.40. The summed E-state index contributed by atoms with van der Waals surface area (Å²) in [6.45, 7) is 1.87. The van der Waals surface area contributed by atoms with E-state index in [-0.39, 0.29) is 6.61 Å². The average molecular weight is 351 g/mol. The minimum absolute atomic E-state index is 0.0918. The summed E-state index contributed by atoms with van der Waals surface area (Å²) in [6.07, 6.45) is 3.12. The van der Waals surface area contributed by atoms with Crippen molar-refractivity contribution in [1.29, 1.82) is 0 Å². The molecule has 7 nitrogen and oxygen atoms in total. The lowest BCUT2D eigenvalue weighted by Gasteiger charge is -2.06. The molecule has 2 aromatic heterocycles. The van der Waals surface area contributed by atoms with E-state index in [1.165, 1.54) is 13.3 Å². The van der Waals surface area contributed by atoms with Crippen LogP contribution >= 0.6 is 0 Å². The van der Waals surface area contributed by atoms with Gasteiger partial charge in [0.25, 0.3) is 0 Å². The van der Waals surface area contributed by atoms with E-state index >= 15 is 0 Å². The maximum Gasteiger partial charge on any atom is 0.341 e. The van der Waals surface area contributed by atoms with Gasteiger partial charge in [-0.15, -0.1) is 0 Å². The fourth-order valence-electron chi connectivity index (χ4n) is 2.40. The summed E-state index contributed by atoms with van der Waals surface area (Å²) in [6, 6.07) is 12.1. The van der Waals surface area contributed by atoms with Gasteiger partial charge >= 0.3 is 11.9 Å². The standard InChI is InChI=1S/C19H17N3O4/c1-13-16(11-21-22(13)17-5-3-4-10-20-17)19(24)26-12-14-6-8-15(9-7-14)18(23)25-2/h3-11H,12H2,1-2H3. The number of pyridine rings is 1. The summed E-state index contributed by atoms with van der Waals surface area (Å²) < 4.78 is 11.6. The molecule has 0 aliphatic rings. The van der Waals surface area contributed by atoms with Crippen molar-refractivity contribution < 1.29 is 19.1 Å². The number of aromatic nitrogens is 3. The van der Waals surface area contributed by atoms with Gasteiger partial charge in [-0.1, -0.05) is 18.2 Å². The zero-order valence-corrected chi connectivity index (χ0v) is 14.4. The largest absolute Gasteiger partial charge is 0.465 e. The van der Waals surface area contributed by atoms with Crippen molar-refractivity contribution in [3.05, 3.63) is 77.2 Å². The normalized spacial score (nSPS) is 10.4. The lowest BCUT2D eigenvalue weighted by molar-refractivity contribution is 0.0470. The van der Waals surface area contributed by atoms with Crippen LogP contribution in [0.4, 0.5) is 0 Å². The monoisotopic (exact) mass is 351 g/mol. The SMILES string of the molecule is COC(=O)c1ccc(COC(=O)c2cnn(-c3ccccn3)c2C)cc1. The molecule has 0 aliphatic carbocycles. The molecule has 3 rings (SSSR count). The summed E-state index contributed by atoms with van der Waals surface area (Å²) in [7, 11) is 1.32. The van der Waals surface area contributed by atoms with Gasteiger partial charge < -0.3 is 9.47 Å².